The Balaban J connectivity index is 1.35. The van der Waals surface area contributed by atoms with E-state index in [0.717, 1.165) is 55.7 Å². The Morgan fingerprint density at radius 2 is 1.75 bits per heavy atom. The fourth-order valence-corrected chi connectivity index (χ4v) is 8.92. The van der Waals surface area contributed by atoms with E-state index in [0.29, 0.717) is 23.2 Å². The quantitative estimate of drug-likeness (QED) is 0.623. The summed E-state index contributed by atoms with van der Waals surface area (Å²) in [7, 11) is -3.64. The first-order chi connectivity index (χ1) is 15.1. The van der Waals surface area contributed by atoms with E-state index in [9.17, 15) is 13.5 Å². The number of hydrogen-bond acceptors (Lipinski definition) is 4. The minimum absolute atomic E-state index is 0.00562. The third-order valence-electron chi connectivity index (χ3n) is 10.0. The van der Waals surface area contributed by atoms with Gasteiger partial charge in [-0.2, -0.15) is 13.5 Å². The first-order valence-corrected chi connectivity index (χ1v) is 14.0. The van der Waals surface area contributed by atoms with Crippen molar-refractivity contribution in [3.63, 3.8) is 0 Å². The smallest absolute Gasteiger partial charge is 0.276 e. The van der Waals surface area contributed by atoms with Crippen molar-refractivity contribution in [3.8, 4) is 0 Å². The van der Waals surface area contributed by atoms with E-state index in [1.54, 1.807) is 12.1 Å². The summed E-state index contributed by atoms with van der Waals surface area (Å²) in [6.45, 7) is 6.78. The summed E-state index contributed by atoms with van der Waals surface area (Å²) in [5, 5.41) is 14.8. The highest BCUT2D eigenvalue weighted by Gasteiger charge is 2.59. The van der Waals surface area contributed by atoms with Gasteiger partial charge in [0.2, 0.25) is 0 Å². The predicted octanol–water partition coefficient (Wildman–Crippen LogP) is 5.03. The number of fused-ring (bicyclic) bond motifs is 5. The summed E-state index contributed by atoms with van der Waals surface area (Å²) >= 11 is 0. The summed E-state index contributed by atoms with van der Waals surface area (Å²) in [6.07, 6.45) is 9.76. The van der Waals surface area contributed by atoms with Crippen molar-refractivity contribution in [2.45, 2.75) is 89.6 Å². The summed E-state index contributed by atoms with van der Waals surface area (Å²) in [5.74, 6) is 2.68. The maximum atomic E-state index is 12.8. The van der Waals surface area contributed by atoms with E-state index in [1.807, 2.05) is 19.1 Å². The lowest BCUT2D eigenvalue weighted by Gasteiger charge is -2.60. The second kappa shape index (κ2) is 7.83. The molecule has 7 atom stereocenters. The van der Waals surface area contributed by atoms with Crippen LogP contribution in [0.4, 0.5) is 0 Å². The van der Waals surface area contributed by atoms with E-state index < -0.39 is 10.0 Å². The van der Waals surface area contributed by atoms with Crippen molar-refractivity contribution in [2.24, 2.45) is 39.6 Å². The van der Waals surface area contributed by atoms with Gasteiger partial charge in [0.05, 0.1) is 11.0 Å². The number of sulfonamides is 1. The monoisotopic (exact) mass is 458 g/mol. The van der Waals surface area contributed by atoms with Gasteiger partial charge < -0.3 is 5.11 Å². The van der Waals surface area contributed by atoms with Gasteiger partial charge in [0, 0.05) is 11.1 Å². The van der Waals surface area contributed by atoms with Crippen LogP contribution >= 0.6 is 0 Å². The molecule has 0 bridgehead atoms. The average Bonchev–Trinajstić information content (AvgIpc) is 3.09. The van der Waals surface area contributed by atoms with Crippen LogP contribution in [-0.2, 0) is 10.0 Å². The highest BCUT2D eigenvalue weighted by Crippen LogP contribution is 2.65. The van der Waals surface area contributed by atoms with Crippen molar-refractivity contribution < 1.29 is 13.5 Å². The zero-order valence-corrected chi connectivity index (χ0v) is 20.5. The van der Waals surface area contributed by atoms with Gasteiger partial charge >= 0.3 is 0 Å². The topological polar surface area (TPSA) is 78.8 Å². The van der Waals surface area contributed by atoms with Crippen LogP contribution in [0.5, 0.6) is 0 Å². The lowest BCUT2D eigenvalue weighted by molar-refractivity contribution is -0.113. The van der Waals surface area contributed by atoms with Crippen molar-refractivity contribution in [2.75, 3.05) is 0 Å². The molecule has 4 saturated carbocycles. The molecule has 6 heteroatoms. The van der Waals surface area contributed by atoms with Gasteiger partial charge in [0.1, 0.15) is 0 Å². The van der Waals surface area contributed by atoms with E-state index >= 15 is 0 Å². The molecule has 4 aliphatic rings. The second-order valence-electron chi connectivity index (χ2n) is 11.5. The number of aryl methyl sites for hydroxylation is 1. The first kappa shape index (κ1) is 22.4. The van der Waals surface area contributed by atoms with Crippen molar-refractivity contribution in [1.29, 1.82) is 0 Å². The Hall–Kier alpha value is -1.40. The Morgan fingerprint density at radius 1 is 1.00 bits per heavy atom. The van der Waals surface area contributed by atoms with Gasteiger partial charge in [0.15, 0.2) is 0 Å². The Bertz CT molecular complexity index is 1000. The molecule has 0 heterocycles. The molecule has 0 amide bonds. The van der Waals surface area contributed by atoms with Gasteiger partial charge in [-0.05, 0) is 106 Å². The molecule has 0 saturated heterocycles. The Kier molecular flexibility index (Phi) is 5.48. The molecule has 4 fully saturated rings. The van der Waals surface area contributed by atoms with Crippen LogP contribution in [0.2, 0.25) is 0 Å². The third kappa shape index (κ3) is 3.53. The minimum Gasteiger partial charge on any atom is -0.393 e. The number of aliphatic hydroxyl groups is 1. The van der Waals surface area contributed by atoms with Gasteiger partial charge in [-0.25, -0.2) is 4.83 Å². The van der Waals surface area contributed by atoms with Crippen LogP contribution in [0.25, 0.3) is 0 Å². The zero-order valence-electron chi connectivity index (χ0n) is 19.7. The molecule has 176 valence electrons. The molecule has 0 aromatic heterocycles. The van der Waals surface area contributed by atoms with Gasteiger partial charge in [-0.1, -0.05) is 31.5 Å². The molecule has 0 spiro atoms. The van der Waals surface area contributed by atoms with Crippen LogP contribution in [0.1, 0.15) is 77.2 Å². The van der Waals surface area contributed by atoms with E-state index in [2.05, 4.69) is 23.8 Å². The molecule has 4 aliphatic carbocycles. The Morgan fingerprint density at radius 3 is 2.50 bits per heavy atom. The number of hydrogen-bond donors (Lipinski definition) is 2. The van der Waals surface area contributed by atoms with Crippen LogP contribution < -0.4 is 4.83 Å². The number of nitrogens with one attached hydrogen (secondary N) is 1. The average molecular weight is 459 g/mol. The molecule has 4 unspecified atom stereocenters. The second-order valence-corrected chi connectivity index (χ2v) is 13.2. The normalized spacial score (nSPS) is 42.8. The van der Waals surface area contributed by atoms with Crippen LogP contribution in [0.15, 0.2) is 34.3 Å². The summed E-state index contributed by atoms with van der Waals surface area (Å²) < 4.78 is 25.6. The highest BCUT2D eigenvalue weighted by molar-refractivity contribution is 7.89. The molecule has 1 aromatic carbocycles. The maximum Gasteiger partial charge on any atom is 0.276 e. The molecule has 5 nitrogen and oxygen atoms in total. The first-order valence-electron chi connectivity index (χ1n) is 12.5. The number of hydrazone groups is 1. The van der Waals surface area contributed by atoms with Crippen molar-refractivity contribution in [3.05, 3.63) is 29.8 Å². The van der Waals surface area contributed by atoms with Gasteiger partial charge in [-0.3, -0.25) is 0 Å². The lowest BCUT2D eigenvalue weighted by Crippen LogP contribution is -2.54. The lowest BCUT2D eigenvalue weighted by atomic mass is 9.45. The summed E-state index contributed by atoms with van der Waals surface area (Å²) in [6, 6.07) is 6.92. The Labute approximate surface area is 193 Å². The summed E-state index contributed by atoms with van der Waals surface area (Å²) in [5.41, 5.74) is 2.43. The van der Waals surface area contributed by atoms with E-state index in [1.165, 1.54) is 19.3 Å². The molecular formula is C26H38N2O3S. The van der Waals surface area contributed by atoms with Gasteiger partial charge in [-0.15, -0.1) is 0 Å². The molecule has 2 N–H and O–H groups in total. The number of benzene rings is 1. The van der Waals surface area contributed by atoms with Crippen LogP contribution in [0.3, 0.4) is 0 Å². The molecule has 1 aromatic rings. The SMILES string of the molecule is Cc1ccc(S(=O)(=O)N/N=C2\CCC3C4CCC5C[C@@H](O)CC[C@]5(C)C4CC[C@]23C)cc1. The molecule has 0 aliphatic heterocycles. The molecule has 0 radical (unpaired) electrons. The number of nitrogens with zero attached hydrogens (tertiary/aromatic N) is 1. The fraction of sp³-hybridized carbons (Fsp3) is 0.731. The van der Waals surface area contributed by atoms with E-state index in [-0.39, 0.29) is 16.4 Å². The largest absolute Gasteiger partial charge is 0.393 e. The predicted molar refractivity (Wildman–Crippen MR) is 127 cm³/mol. The molecule has 5 rings (SSSR count). The summed E-state index contributed by atoms with van der Waals surface area (Å²) in [4.78, 5) is 2.82. The van der Waals surface area contributed by atoms with E-state index in [4.69, 9.17) is 0 Å². The zero-order chi connectivity index (χ0) is 22.7. The van der Waals surface area contributed by atoms with Crippen molar-refractivity contribution >= 4 is 15.7 Å². The van der Waals surface area contributed by atoms with Crippen LogP contribution in [0, 0.1) is 41.4 Å². The highest BCUT2D eigenvalue weighted by atomic mass is 32.2. The standard InChI is InChI=1S/C26H38N2O3S/c1-17-4-7-20(8-5-17)32(30,31)28-27-24-11-10-22-21-9-6-18-16-19(29)12-14-25(18,2)23(21)13-15-26(22,24)3/h4-5,7-8,18-19,21-23,28-29H,6,9-16H2,1-3H3/b27-24+/t18?,19-,21?,22?,23?,25-,26-/m0/s1. The fourth-order valence-electron chi connectivity index (χ4n) is 8.09. The number of aliphatic hydroxyl groups excluding tert-OH is 1. The van der Waals surface area contributed by atoms with Crippen LogP contribution in [-0.4, -0.2) is 25.3 Å². The minimum atomic E-state index is -3.64. The molecular weight excluding hydrogens is 420 g/mol. The van der Waals surface area contributed by atoms with Crippen molar-refractivity contribution in [1.82, 2.24) is 4.83 Å². The molecule has 32 heavy (non-hydrogen) atoms. The van der Waals surface area contributed by atoms with Gasteiger partial charge in [0.25, 0.3) is 10.0 Å². The number of rotatable bonds is 3. The maximum absolute atomic E-state index is 12.8. The third-order valence-corrected chi connectivity index (χ3v) is 11.2.